The van der Waals surface area contributed by atoms with Gasteiger partial charge in [-0.1, -0.05) is 0 Å². The van der Waals surface area contributed by atoms with Gasteiger partial charge in [0, 0.05) is 15.7 Å². The minimum atomic E-state index is 0.498. The molecule has 0 radical (unpaired) electrons. The van der Waals surface area contributed by atoms with Gasteiger partial charge >= 0.3 is 0 Å². The summed E-state index contributed by atoms with van der Waals surface area (Å²) < 4.78 is 1.10. The number of rotatable bonds is 2. The topological polar surface area (TPSA) is 77.6 Å². The summed E-state index contributed by atoms with van der Waals surface area (Å²) in [5, 5.41) is 15.2. The Morgan fingerprint density at radius 2 is 1.87 bits per heavy atom. The fourth-order valence-electron chi connectivity index (χ4n) is 1.22. The standard InChI is InChI=1S/C9H8IN5/c10-8-2-6(4-11)1-7(3-8)9-14-12-5-13-15-9/h1-3,5H,4,11H2. The van der Waals surface area contributed by atoms with Crippen molar-refractivity contribution >= 4 is 22.6 Å². The second-order valence-corrected chi connectivity index (χ2v) is 4.17. The third kappa shape index (κ3) is 2.45. The van der Waals surface area contributed by atoms with E-state index in [1.165, 1.54) is 6.33 Å². The number of nitrogens with two attached hydrogens (primary N) is 1. The van der Waals surface area contributed by atoms with Crippen molar-refractivity contribution in [2.45, 2.75) is 6.54 Å². The third-order valence-electron chi connectivity index (χ3n) is 1.86. The highest BCUT2D eigenvalue weighted by atomic mass is 127. The highest BCUT2D eigenvalue weighted by Gasteiger charge is 2.04. The molecule has 0 aliphatic carbocycles. The average Bonchev–Trinajstić information content (AvgIpc) is 2.29. The number of benzene rings is 1. The summed E-state index contributed by atoms with van der Waals surface area (Å²) in [6.07, 6.45) is 1.31. The molecule has 15 heavy (non-hydrogen) atoms. The van der Waals surface area contributed by atoms with Gasteiger partial charge in [0.25, 0.3) is 0 Å². The summed E-state index contributed by atoms with van der Waals surface area (Å²) in [7, 11) is 0. The largest absolute Gasteiger partial charge is 0.326 e. The Morgan fingerprint density at radius 1 is 1.13 bits per heavy atom. The Balaban J connectivity index is 2.49. The summed E-state index contributed by atoms with van der Waals surface area (Å²) in [6, 6.07) is 5.94. The zero-order valence-corrected chi connectivity index (χ0v) is 9.92. The van der Waals surface area contributed by atoms with Crippen molar-refractivity contribution < 1.29 is 0 Å². The fraction of sp³-hybridized carbons (Fsp3) is 0.111. The van der Waals surface area contributed by atoms with E-state index in [0.717, 1.165) is 14.7 Å². The minimum Gasteiger partial charge on any atom is -0.326 e. The van der Waals surface area contributed by atoms with Gasteiger partial charge < -0.3 is 5.73 Å². The maximum atomic E-state index is 5.59. The molecule has 1 heterocycles. The highest BCUT2D eigenvalue weighted by Crippen LogP contribution is 2.19. The molecule has 0 amide bonds. The molecule has 0 aliphatic rings. The van der Waals surface area contributed by atoms with Crippen LogP contribution in [0.4, 0.5) is 0 Å². The van der Waals surface area contributed by atoms with Gasteiger partial charge in [0.1, 0.15) is 0 Å². The molecule has 0 bridgehead atoms. The average molecular weight is 313 g/mol. The third-order valence-corrected chi connectivity index (χ3v) is 2.48. The maximum Gasteiger partial charge on any atom is 0.203 e. The van der Waals surface area contributed by atoms with Crippen LogP contribution in [0.3, 0.4) is 0 Å². The Bertz CT molecular complexity index is 459. The smallest absolute Gasteiger partial charge is 0.203 e. The molecule has 6 heteroatoms. The molecule has 0 saturated heterocycles. The predicted molar refractivity (Wildman–Crippen MR) is 63.7 cm³/mol. The monoisotopic (exact) mass is 313 g/mol. The van der Waals surface area contributed by atoms with E-state index in [-0.39, 0.29) is 0 Å². The lowest BCUT2D eigenvalue weighted by Crippen LogP contribution is -1.99. The fourth-order valence-corrected chi connectivity index (χ4v) is 1.95. The van der Waals surface area contributed by atoms with Gasteiger partial charge in [-0.2, -0.15) is 0 Å². The van der Waals surface area contributed by atoms with Gasteiger partial charge in [-0.3, -0.25) is 0 Å². The quantitative estimate of drug-likeness (QED) is 0.837. The predicted octanol–water partition coefficient (Wildman–Crippen LogP) is 0.997. The molecule has 0 atom stereocenters. The molecule has 76 valence electrons. The first-order valence-electron chi connectivity index (χ1n) is 4.30. The van der Waals surface area contributed by atoms with Crippen molar-refractivity contribution in [2.24, 2.45) is 5.73 Å². The molecule has 0 unspecified atom stereocenters. The van der Waals surface area contributed by atoms with Crippen LogP contribution in [0.1, 0.15) is 5.56 Å². The van der Waals surface area contributed by atoms with Gasteiger partial charge in [-0.15, -0.1) is 20.4 Å². The maximum absolute atomic E-state index is 5.59. The molecule has 1 aromatic heterocycles. The summed E-state index contributed by atoms with van der Waals surface area (Å²) >= 11 is 2.23. The summed E-state index contributed by atoms with van der Waals surface area (Å²) in [5.74, 6) is 0.519. The van der Waals surface area contributed by atoms with Crippen LogP contribution < -0.4 is 5.73 Å². The number of hydrogen-bond donors (Lipinski definition) is 1. The van der Waals surface area contributed by atoms with E-state index in [1.54, 1.807) is 0 Å². The van der Waals surface area contributed by atoms with Crippen LogP contribution in [0.5, 0.6) is 0 Å². The van der Waals surface area contributed by atoms with Crippen molar-refractivity contribution in [1.29, 1.82) is 0 Å². The van der Waals surface area contributed by atoms with Crippen molar-refractivity contribution in [2.75, 3.05) is 0 Å². The Kier molecular flexibility index (Phi) is 3.17. The zero-order chi connectivity index (χ0) is 10.7. The van der Waals surface area contributed by atoms with E-state index in [1.807, 2.05) is 18.2 Å². The first-order valence-corrected chi connectivity index (χ1v) is 5.38. The first kappa shape index (κ1) is 10.4. The highest BCUT2D eigenvalue weighted by molar-refractivity contribution is 14.1. The van der Waals surface area contributed by atoms with Crippen molar-refractivity contribution in [3.05, 3.63) is 33.7 Å². The molecule has 0 aliphatic heterocycles. The lowest BCUT2D eigenvalue weighted by atomic mass is 10.1. The lowest BCUT2D eigenvalue weighted by molar-refractivity contribution is 0.864. The SMILES string of the molecule is NCc1cc(I)cc(-c2nncnn2)c1. The number of aromatic nitrogens is 4. The Labute approximate surface area is 100 Å². The summed E-state index contributed by atoms with van der Waals surface area (Å²) in [6.45, 7) is 0.498. The van der Waals surface area contributed by atoms with E-state index in [4.69, 9.17) is 5.73 Å². The molecule has 0 fully saturated rings. The van der Waals surface area contributed by atoms with Gasteiger partial charge in [0.15, 0.2) is 6.33 Å². The molecule has 2 aromatic rings. The first-order chi connectivity index (χ1) is 7.29. The number of hydrogen-bond acceptors (Lipinski definition) is 5. The Hall–Kier alpha value is -1.15. The van der Waals surface area contributed by atoms with Crippen LogP contribution in [0.25, 0.3) is 11.4 Å². The molecule has 0 saturated carbocycles. The lowest BCUT2D eigenvalue weighted by Gasteiger charge is -2.02. The van der Waals surface area contributed by atoms with Gasteiger partial charge in [-0.05, 0) is 46.4 Å². The van der Waals surface area contributed by atoms with Gasteiger partial charge in [-0.25, -0.2) is 0 Å². The van der Waals surface area contributed by atoms with Crippen LogP contribution in [0, 0.1) is 3.57 Å². The molecular weight excluding hydrogens is 305 g/mol. The van der Waals surface area contributed by atoms with E-state index in [2.05, 4.69) is 43.0 Å². The second kappa shape index (κ2) is 4.58. The van der Waals surface area contributed by atoms with E-state index in [0.29, 0.717) is 12.4 Å². The summed E-state index contributed by atoms with van der Waals surface area (Å²) in [4.78, 5) is 0. The van der Waals surface area contributed by atoms with Crippen LogP contribution >= 0.6 is 22.6 Å². The normalized spacial score (nSPS) is 10.3. The van der Waals surface area contributed by atoms with Crippen molar-refractivity contribution in [1.82, 2.24) is 20.4 Å². The van der Waals surface area contributed by atoms with Gasteiger partial charge in [0.2, 0.25) is 5.82 Å². The van der Waals surface area contributed by atoms with Crippen LogP contribution in [0.2, 0.25) is 0 Å². The zero-order valence-electron chi connectivity index (χ0n) is 7.76. The van der Waals surface area contributed by atoms with Crippen LogP contribution in [-0.4, -0.2) is 20.4 Å². The van der Waals surface area contributed by atoms with E-state index >= 15 is 0 Å². The van der Waals surface area contributed by atoms with Crippen LogP contribution in [-0.2, 0) is 6.54 Å². The van der Waals surface area contributed by atoms with E-state index in [9.17, 15) is 0 Å². The minimum absolute atomic E-state index is 0.498. The number of halogens is 1. The Morgan fingerprint density at radius 3 is 2.53 bits per heavy atom. The molecule has 0 spiro atoms. The molecule has 2 rings (SSSR count). The van der Waals surface area contributed by atoms with Crippen LogP contribution in [0.15, 0.2) is 24.5 Å². The molecule has 5 nitrogen and oxygen atoms in total. The van der Waals surface area contributed by atoms with Gasteiger partial charge in [0.05, 0.1) is 0 Å². The second-order valence-electron chi connectivity index (χ2n) is 2.92. The molecular formula is C9H8IN5. The summed E-state index contributed by atoms with van der Waals surface area (Å²) in [5.41, 5.74) is 7.53. The molecule has 1 aromatic carbocycles. The van der Waals surface area contributed by atoms with Crippen molar-refractivity contribution in [3.8, 4) is 11.4 Å². The van der Waals surface area contributed by atoms with E-state index < -0.39 is 0 Å². The van der Waals surface area contributed by atoms with Crippen molar-refractivity contribution in [3.63, 3.8) is 0 Å². The molecule has 2 N–H and O–H groups in total. The number of nitrogens with zero attached hydrogens (tertiary/aromatic N) is 4.